The molecule has 0 aliphatic carbocycles. The van der Waals surface area contributed by atoms with Crippen molar-refractivity contribution >= 4 is 5.97 Å². The van der Waals surface area contributed by atoms with Gasteiger partial charge in [0.25, 0.3) is 0 Å². The Morgan fingerprint density at radius 2 is 1.50 bits per heavy atom. The van der Waals surface area contributed by atoms with Crippen LogP contribution in [0.3, 0.4) is 0 Å². The van der Waals surface area contributed by atoms with Crippen LogP contribution in [0.4, 0.5) is 0 Å². The smallest absolute Gasteiger partial charge is 0.303 e. The minimum Gasteiger partial charge on any atom is -0.481 e. The summed E-state index contributed by atoms with van der Waals surface area (Å²) in [6, 6.07) is 0. The molecule has 0 fully saturated rings. The van der Waals surface area contributed by atoms with Crippen LogP contribution in [0.15, 0.2) is 48.6 Å². The van der Waals surface area contributed by atoms with Crippen LogP contribution in [-0.4, -0.2) is 11.1 Å². The Bertz CT molecular complexity index is 309. The summed E-state index contributed by atoms with van der Waals surface area (Å²) in [5.74, 6) is -0.697. The number of hydrogen-bond acceptors (Lipinski definition) is 1. The van der Waals surface area contributed by atoms with Crippen molar-refractivity contribution in [2.24, 2.45) is 0 Å². The van der Waals surface area contributed by atoms with Crippen LogP contribution in [0.25, 0.3) is 0 Å². The van der Waals surface area contributed by atoms with Gasteiger partial charge in [0.15, 0.2) is 0 Å². The van der Waals surface area contributed by atoms with E-state index in [1.165, 1.54) is 0 Å². The quantitative estimate of drug-likeness (QED) is 0.451. The first-order valence-corrected chi connectivity index (χ1v) is 6.64. The van der Waals surface area contributed by atoms with Gasteiger partial charge in [-0.1, -0.05) is 62.0 Å². The Morgan fingerprint density at radius 1 is 0.889 bits per heavy atom. The highest BCUT2D eigenvalue weighted by Crippen LogP contribution is 2.03. The minimum absolute atomic E-state index is 0.291. The molecule has 0 saturated carbocycles. The highest BCUT2D eigenvalue weighted by Gasteiger charge is 1.94. The fraction of sp³-hybridized carbons (Fsp3) is 0.438. The number of carboxylic acids is 1. The molecule has 0 spiro atoms. The van der Waals surface area contributed by atoms with Crippen molar-refractivity contribution < 1.29 is 9.90 Å². The van der Waals surface area contributed by atoms with Crippen molar-refractivity contribution in [3.8, 4) is 0 Å². The predicted molar refractivity (Wildman–Crippen MR) is 77.6 cm³/mol. The number of hydrogen-bond donors (Lipinski definition) is 1. The highest BCUT2D eigenvalue weighted by molar-refractivity contribution is 5.66. The highest BCUT2D eigenvalue weighted by atomic mass is 16.4. The van der Waals surface area contributed by atoms with Gasteiger partial charge >= 0.3 is 5.97 Å². The third kappa shape index (κ3) is 14.4. The van der Waals surface area contributed by atoms with Gasteiger partial charge in [0.1, 0.15) is 0 Å². The molecule has 18 heavy (non-hydrogen) atoms. The third-order valence-electron chi connectivity index (χ3n) is 2.32. The summed E-state index contributed by atoms with van der Waals surface area (Å²) in [4.78, 5) is 10.3. The molecule has 0 bridgehead atoms. The van der Waals surface area contributed by atoms with E-state index < -0.39 is 5.97 Å². The first-order valence-electron chi connectivity index (χ1n) is 6.64. The van der Waals surface area contributed by atoms with Gasteiger partial charge in [0.05, 0.1) is 0 Å². The Kier molecular flexibility index (Phi) is 12.3. The number of carboxylic acid groups (broad SMARTS) is 1. The fourth-order valence-corrected chi connectivity index (χ4v) is 1.36. The van der Waals surface area contributed by atoms with Crippen molar-refractivity contribution in [2.75, 3.05) is 0 Å². The number of carbonyl (C=O) groups is 1. The van der Waals surface area contributed by atoms with Crippen LogP contribution in [0, 0.1) is 0 Å². The number of aliphatic carboxylic acids is 1. The molecule has 100 valence electrons. The van der Waals surface area contributed by atoms with Crippen LogP contribution in [0.1, 0.15) is 45.4 Å². The van der Waals surface area contributed by atoms with Crippen molar-refractivity contribution in [1.29, 1.82) is 0 Å². The second-order valence-electron chi connectivity index (χ2n) is 4.03. The lowest BCUT2D eigenvalue weighted by Gasteiger charge is -1.94. The van der Waals surface area contributed by atoms with Gasteiger partial charge in [-0.3, -0.25) is 4.79 Å². The van der Waals surface area contributed by atoms with Crippen molar-refractivity contribution in [3.05, 3.63) is 48.6 Å². The van der Waals surface area contributed by atoms with Gasteiger partial charge in [0.2, 0.25) is 0 Å². The standard InChI is InChI=1S/C16H24O2/c1-2-3-4-5-6-7-8-9-10-11-12-13-14-15-16(17)18/h3-10H,2,11-15H2,1H3,(H,17,18)/b4-3+,6-5+,8-7-,10-9-. The molecule has 0 aromatic heterocycles. The van der Waals surface area contributed by atoms with Crippen molar-refractivity contribution in [2.45, 2.75) is 45.4 Å². The first kappa shape index (κ1) is 16.4. The summed E-state index contributed by atoms with van der Waals surface area (Å²) in [7, 11) is 0. The van der Waals surface area contributed by atoms with E-state index in [9.17, 15) is 4.79 Å². The molecule has 0 amide bonds. The molecule has 0 aromatic rings. The number of rotatable bonds is 10. The van der Waals surface area contributed by atoms with Gasteiger partial charge in [-0.25, -0.2) is 0 Å². The second kappa shape index (κ2) is 13.5. The maximum absolute atomic E-state index is 10.3. The largest absolute Gasteiger partial charge is 0.481 e. The van der Waals surface area contributed by atoms with E-state index in [0.29, 0.717) is 6.42 Å². The zero-order chi connectivity index (χ0) is 13.5. The molecule has 0 rings (SSSR count). The predicted octanol–water partition coefficient (Wildman–Crippen LogP) is 4.66. The lowest BCUT2D eigenvalue weighted by Crippen LogP contribution is -1.93. The van der Waals surface area contributed by atoms with Gasteiger partial charge < -0.3 is 5.11 Å². The molecule has 0 heterocycles. The summed E-state index contributed by atoms with van der Waals surface area (Å²) in [6.45, 7) is 2.11. The van der Waals surface area contributed by atoms with E-state index in [2.05, 4.69) is 19.1 Å². The Labute approximate surface area is 110 Å². The van der Waals surface area contributed by atoms with E-state index in [0.717, 1.165) is 32.1 Å². The molecule has 0 radical (unpaired) electrons. The van der Waals surface area contributed by atoms with Crippen molar-refractivity contribution in [1.82, 2.24) is 0 Å². The van der Waals surface area contributed by atoms with E-state index in [1.54, 1.807) is 0 Å². The van der Waals surface area contributed by atoms with Gasteiger partial charge in [0, 0.05) is 6.42 Å². The van der Waals surface area contributed by atoms with Crippen molar-refractivity contribution in [3.63, 3.8) is 0 Å². The van der Waals surface area contributed by atoms with E-state index in [1.807, 2.05) is 36.5 Å². The average molecular weight is 248 g/mol. The SMILES string of the molecule is CC/C=C/C=C/C=C\C=C/CCCCCC(=O)O. The molecule has 2 nitrogen and oxygen atoms in total. The molecule has 0 unspecified atom stereocenters. The Hall–Kier alpha value is -1.57. The zero-order valence-electron chi connectivity index (χ0n) is 11.2. The summed E-state index contributed by atoms with van der Waals surface area (Å²) in [5.41, 5.74) is 0. The first-order chi connectivity index (χ1) is 8.77. The maximum Gasteiger partial charge on any atom is 0.303 e. The van der Waals surface area contributed by atoms with Crippen LogP contribution >= 0.6 is 0 Å². The van der Waals surface area contributed by atoms with Gasteiger partial charge in [-0.15, -0.1) is 0 Å². The van der Waals surface area contributed by atoms with E-state index in [4.69, 9.17) is 5.11 Å². The summed E-state index contributed by atoms with van der Waals surface area (Å²) in [6.07, 6.45) is 21.5. The Morgan fingerprint density at radius 3 is 2.11 bits per heavy atom. The summed E-state index contributed by atoms with van der Waals surface area (Å²) < 4.78 is 0. The van der Waals surface area contributed by atoms with Crippen LogP contribution in [0.5, 0.6) is 0 Å². The van der Waals surface area contributed by atoms with E-state index in [-0.39, 0.29) is 0 Å². The molecule has 0 saturated heterocycles. The third-order valence-corrected chi connectivity index (χ3v) is 2.32. The monoisotopic (exact) mass is 248 g/mol. The second-order valence-corrected chi connectivity index (χ2v) is 4.03. The lowest BCUT2D eigenvalue weighted by atomic mass is 10.1. The summed E-state index contributed by atoms with van der Waals surface area (Å²) in [5, 5.41) is 8.46. The zero-order valence-corrected chi connectivity index (χ0v) is 11.2. The lowest BCUT2D eigenvalue weighted by molar-refractivity contribution is -0.137. The van der Waals surface area contributed by atoms with Crippen LogP contribution in [-0.2, 0) is 4.79 Å². The Balaban J connectivity index is 3.42. The number of allylic oxidation sites excluding steroid dienone is 8. The summed E-state index contributed by atoms with van der Waals surface area (Å²) >= 11 is 0. The van der Waals surface area contributed by atoms with E-state index >= 15 is 0 Å². The minimum atomic E-state index is -0.697. The molecule has 0 aliphatic heterocycles. The molecule has 0 aliphatic rings. The van der Waals surface area contributed by atoms with Gasteiger partial charge in [-0.2, -0.15) is 0 Å². The number of unbranched alkanes of at least 4 members (excludes halogenated alkanes) is 3. The molecule has 0 atom stereocenters. The van der Waals surface area contributed by atoms with Crippen LogP contribution in [0.2, 0.25) is 0 Å². The molecule has 2 heteroatoms. The molecular weight excluding hydrogens is 224 g/mol. The topological polar surface area (TPSA) is 37.3 Å². The maximum atomic E-state index is 10.3. The molecular formula is C16H24O2. The average Bonchev–Trinajstić information content (AvgIpc) is 2.34. The normalized spacial score (nSPS) is 12.5. The fourth-order valence-electron chi connectivity index (χ4n) is 1.36. The van der Waals surface area contributed by atoms with Gasteiger partial charge in [-0.05, 0) is 25.7 Å². The molecule has 0 aromatic carbocycles. The van der Waals surface area contributed by atoms with Crippen LogP contribution < -0.4 is 0 Å². The molecule has 1 N–H and O–H groups in total.